The number of amidine groups is 1. The summed E-state index contributed by atoms with van der Waals surface area (Å²) in [6.45, 7) is 2.63. The lowest BCUT2D eigenvalue weighted by Gasteiger charge is -2.10. The monoisotopic (exact) mass is 422 g/mol. The van der Waals surface area contributed by atoms with Gasteiger partial charge in [0.2, 0.25) is 5.91 Å². The average Bonchev–Trinajstić information content (AvgIpc) is 3.42. The van der Waals surface area contributed by atoms with Crippen LogP contribution in [0.2, 0.25) is 0 Å². The number of methoxy groups -OCH3 is 2. The van der Waals surface area contributed by atoms with Crippen molar-refractivity contribution in [1.29, 1.82) is 0 Å². The van der Waals surface area contributed by atoms with Crippen LogP contribution in [0.15, 0.2) is 58.1 Å². The Kier molecular flexibility index (Phi) is 5.81. The van der Waals surface area contributed by atoms with Crippen molar-refractivity contribution in [3.05, 3.63) is 54.3 Å². The Balaban J connectivity index is 1.71. The highest BCUT2D eigenvalue weighted by atomic mass is 32.2. The van der Waals surface area contributed by atoms with E-state index in [9.17, 15) is 4.79 Å². The molecule has 0 bridgehead atoms. The number of furan rings is 1. The number of nitrogens with zero attached hydrogens (tertiary/aromatic N) is 1. The van der Waals surface area contributed by atoms with Crippen molar-refractivity contribution in [1.82, 2.24) is 5.32 Å². The summed E-state index contributed by atoms with van der Waals surface area (Å²) in [5.41, 5.74) is 4.32. The van der Waals surface area contributed by atoms with Crippen LogP contribution in [0.25, 0.3) is 27.7 Å². The number of benzene rings is 2. The Morgan fingerprint density at radius 3 is 2.67 bits per heavy atom. The molecule has 0 saturated heterocycles. The molecule has 1 aromatic heterocycles. The van der Waals surface area contributed by atoms with Gasteiger partial charge in [0.25, 0.3) is 0 Å². The van der Waals surface area contributed by atoms with Crippen LogP contribution in [0.1, 0.15) is 12.5 Å². The third-order valence-electron chi connectivity index (χ3n) is 4.88. The zero-order chi connectivity index (χ0) is 21.1. The Hall–Kier alpha value is -3.19. The summed E-state index contributed by atoms with van der Waals surface area (Å²) < 4.78 is 16.6. The van der Waals surface area contributed by atoms with E-state index in [4.69, 9.17) is 13.9 Å². The lowest BCUT2D eigenvalue weighted by molar-refractivity contribution is -0.115. The van der Waals surface area contributed by atoms with Gasteiger partial charge in [-0.1, -0.05) is 23.9 Å². The number of thioether (sulfide) groups is 1. The maximum atomic E-state index is 12.4. The van der Waals surface area contributed by atoms with Gasteiger partial charge in [0.15, 0.2) is 5.17 Å². The van der Waals surface area contributed by atoms with Crippen LogP contribution < -0.4 is 14.8 Å². The van der Waals surface area contributed by atoms with E-state index in [1.807, 2.05) is 43.3 Å². The fourth-order valence-corrected chi connectivity index (χ4v) is 4.08. The summed E-state index contributed by atoms with van der Waals surface area (Å²) in [4.78, 5) is 16.6. The minimum atomic E-state index is -0.203. The molecule has 7 heteroatoms. The molecule has 4 rings (SSSR count). The Bertz CT molecular complexity index is 1150. The number of nitrogens with one attached hydrogen (secondary N) is 1. The number of carbonyl (C=O) groups is 1. The molecule has 1 aliphatic heterocycles. The summed E-state index contributed by atoms with van der Waals surface area (Å²) in [7, 11) is 3.25. The van der Waals surface area contributed by atoms with Crippen molar-refractivity contribution in [2.75, 3.05) is 26.5 Å². The molecule has 1 amide bonds. The van der Waals surface area contributed by atoms with Gasteiger partial charge in [-0.2, -0.15) is 0 Å². The molecule has 3 aromatic rings. The predicted molar refractivity (Wildman–Crippen MR) is 121 cm³/mol. The zero-order valence-electron chi connectivity index (χ0n) is 17.0. The number of carbonyl (C=O) groups excluding carboxylic acids is 1. The molecular formula is C23H22N2O4S. The van der Waals surface area contributed by atoms with Crippen LogP contribution in [0.5, 0.6) is 11.5 Å². The number of amides is 1. The highest BCUT2D eigenvalue weighted by molar-refractivity contribution is 8.14. The smallest absolute Gasteiger partial charge is 0.250 e. The third kappa shape index (κ3) is 4.07. The molecule has 154 valence electrons. The molecule has 1 N–H and O–H groups in total. The molecule has 0 aliphatic carbocycles. The second-order valence-electron chi connectivity index (χ2n) is 6.78. The fraction of sp³-hybridized carbons (Fsp3) is 0.217. The summed E-state index contributed by atoms with van der Waals surface area (Å²) in [5.74, 6) is 2.14. The quantitative estimate of drug-likeness (QED) is 0.601. The van der Waals surface area contributed by atoms with Crippen molar-refractivity contribution in [2.24, 2.45) is 4.99 Å². The Morgan fingerprint density at radius 1 is 1.20 bits per heavy atom. The zero-order valence-corrected chi connectivity index (χ0v) is 17.8. The second-order valence-corrected chi connectivity index (χ2v) is 7.86. The maximum absolute atomic E-state index is 12.4. The van der Waals surface area contributed by atoms with E-state index in [1.54, 1.807) is 38.3 Å². The molecule has 1 aliphatic rings. The summed E-state index contributed by atoms with van der Waals surface area (Å²) >= 11 is 1.55. The predicted octanol–water partition coefficient (Wildman–Crippen LogP) is 4.74. The van der Waals surface area contributed by atoms with Gasteiger partial charge >= 0.3 is 0 Å². The number of hydrogen-bond donors (Lipinski definition) is 1. The molecule has 0 atom stereocenters. The Labute approximate surface area is 179 Å². The molecule has 30 heavy (non-hydrogen) atoms. The van der Waals surface area contributed by atoms with E-state index in [-0.39, 0.29) is 5.91 Å². The van der Waals surface area contributed by atoms with Gasteiger partial charge in [0.1, 0.15) is 17.1 Å². The van der Waals surface area contributed by atoms with E-state index in [2.05, 4.69) is 10.3 Å². The fourth-order valence-electron chi connectivity index (χ4n) is 3.35. The molecule has 0 fully saturated rings. The number of ether oxygens (including phenoxy) is 2. The van der Waals surface area contributed by atoms with Crippen LogP contribution in [-0.4, -0.2) is 37.6 Å². The van der Waals surface area contributed by atoms with Gasteiger partial charge in [-0.3, -0.25) is 9.79 Å². The highest BCUT2D eigenvalue weighted by Gasteiger charge is 2.16. The number of allylic oxidation sites excluding steroid dienone is 1. The van der Waals surface area contributed by atoms with Crippen molar-refractivity contribution < 1.29 is 18.7 Å². The van der Waals surface area contributed by atoms with Gasteiger partial charge in [-0.15, -0.1) is 0 Å². The molecule has 6 nitrogen and oxygen atoms in total. The van der Waals surface area contributed by atoms with Gasteiger partial charge in [0.05, 0.1) is 27.0 Å². The van der Waals surface area contributed by atoms with Crippen LogP contribution in [-0.2, 0) is 4.79 Å². The van der Waals surface area contributed by atoms with Gasteiger partial charge in [-0.25, -0.2) is 0 Å². The van der Waals surface area contributed by atoms with Crippen LogP contribution in [0, 0.1) is 0 Å². The average molecular weight is 423 g/mol. The third-order valence-corrected chi connectivity index (χ3v) is 5.78. The van der Waals surface area contributed by atoms with Gasteiger partial charge < -0.3 is 19.2 Å². The van der Waals surface area contributed by atoms with Crippen molar-refractivity contribution in [3.63, 3.8) is 0 Å². The van der Waals surface area contributed by atoms with Crippen molar-refractivity contribution in [2.45, 2.75) is 6.92 Å². The molecule has 2 heterocycles. The topological polar surface area (TPSA) is 73.1 Å². The minimum Gasteiger partial charge on any atom is -0.497 e. The van der Waals surface area contributed by atoms with Gasteiger partial charge in [0, 0.05) is 34.4 Å². The van der Waals surface area contributed by atoms with E-state index in [0.717, 1.165) is 51.3 Å². The number of hydrogen-bond acceptors (Lipinski definition) is 6. The molecular weight excluding hydrogens is 400 g/mol. The molecule has 2 aromatic carbocycles. The minimum absolute atomic E-state index is 0.203. The van der Waals surface area contributed by atoms with Crippen LogP contribution >= 0.6 is 11.8 Å². The van der Waals surface area contributed by atoms with Crippen LogP contribution in [0.3, 0.4) is 0 Å². The van der Waals surface area contributed by atoms with Gasteiger partial charge in [-0.05, 0) is 36.3 Å². The number of fused-ring (bicyclic) bond motifs is 1. The van der Waals surface area contributed by atoms with E-state index in [0.29, 0.717) is 10.9 Å². The molecule has 0 radical (unpaired) electrons. The van der Waals surface area contributed by atoms with E-state index < -0.39 is 0 Å². The number of rotatable bonds is 5. The lowest BCUT2D eigenvalue weighted by Crippen LogP contribution is -2.25. The summed E-state index contributed by atoms with van der Waals surface area (Å²) in [5, 5.41) is 4.44. The largest absolute Gasteiger partial charge is 0.497 e. The SMILES string of the molecule is COc1ccc(-c2coc3cc(OC)c(/C(C)=C/C(=O)NC4=NCCS4)cc23)cc1. The lowest BCUT2D eigenvalue weighted by atomic mass is 9.99. The van der Waals surface area contributed by atoms with E-state index >= 15 is 0 Å². The second kappa shape index (κ2) is 8.67. The molecule has 0 unspecified atom stereocenters. The first kappa shape index (κ1) is 20.1. The standard InChI is InChI=1S/C23H22N2O4S/c1-14(10-22(26)25-23-24-8-9-30-23)17-11-18-19(13-29-21(18)12-20(17)28-3)15-4-6-16(27-2)7-5-15/h4-7,10-13H,8-9H2,1-3H3,(H,24,25,26)/b14-10+. The van der Waals surface area contributed by atoms with Crippen molar-refractivity contribution in [3.8, 4) is 22.6 Å². The van der Waals surface area contributed by atoms with E-state index in [1.165, 1.54) is 0 Å². The highest BCUT2D eigenvalue weighted by Crippen LogP contribution is 2.37. The molecule has 0 spiro atoms. The maximum Gasteiger partial charge on any atom is 0.250 e. The van der Waals surface area contributed by atoms with Crippen molar-refractivity contribution >= 4 is 39.4 Å². The summed E-state index contributed by atoms with van der Waals surface area (Å²) in [6, 6.07) is 11.7. The normalized spacial score (nSPS) is 14.0. The molecule has 0 saturated carbocycles. The first-order valence-electron chi connectivity index (χ1n) is 9.49. The first-order chi connectivity index (χ1) is 14.6. The van der Waals surface area contributed by atoms with Crippen LogP contribution in [0.4, 0.5) is 0 Å². The summed E-state index contributed by atoms with van der Waals surface area (Å²) in [6.07, 6.45) is 3.30. The number of aliphatic imine (C=N–C) groups is 1. The first-order valence-corrected chi connectivity index (χ1v) is 10.5. The Morgan fingerprint density at radius 2 is 2.00 bits per heavy atom.